The van der Waals surface area contributed by atoms with Crippen LogP contribution in [0.4, 0.5) is 0 Å². The Morgan fingerprint density at radius 1 is 1.14 bits per heavy atom. The molecule has 0 aromatic rings. The predicted molar refractivity (Wildman–Crippen MR) is 61.3 cm³/mol. The SMILES string of the molecule is CCC(N)CCC#CC#CCCCN. The van der Waals surface area contributed by atoms with Crippen LogP contribution >= 0.6 is 0 Å². The van der Waals surface area contributed by atoms with Gasteiger partial charge in [-0.05, 0) is 37.6 Å². The van der Waals surface area contributed by atoms with Gasteiger partial charge in [0.25, 0.3) is 0 Å². The fraction of sp³-hybridized carbons (Fsp3) is 0.667. The summed E-state index contributed by atoms with van der Waals surface area (Å²) in [6.07, 6.45) is 4.63. The molecule has 0 aliphatic carbocycles. The van der Waals surface area contributed by atoms with E-state index in [1.165, 1.54) is 0 Å². The molecular weight excluding hydrogens is 172 g/mol. The Morgan fingerprint density at radius 2 is 1.79 bits per heavy atom. The van der Waals surface area contributed by atoms with E-state index < -0.39 is 0 Å². The number of nitrogens with two attached hydrogens (primary N) is 2. The lowest BCUT2D eigenvalue weighted by Gasteiger charge is -2.02. The minimum absolute atomic E-state index is 0.287. The Hall–Kier alpha value is -0.960. The second-order valence-corrected chi connectivity index (χ2v) is 3.20. The molecule has 1 atom stereocenters. The topological polar surface area (TPSA) is 52.0 Å². The van der Waals surface area contributed by atoms with E-state index in [0.29, 0.717) is 6.54 Å². The molecule has 0 aliphatic rings. The fourth-order valence-electron chi connectivity index (χ4n) is 0.866. The summed E-state index contributed by atoms with van der Waals surface area (Å²) in [5, 5.41) is 0. The highest BCUT2D eigenvalue weighted by Crippen LogP contribution is 1.95. The molecule has 1 unspecified atom stereocenters. The van der Waals surface area contributed by atoms with Crippen LogP contribution in [0.1, 0.15) is 39.0 Å². The molecule has 0 rings (SSSR count). The molecule has 0 radical (unpaired) electrons. The van der Waals surface area contributed by atoms with Gasteiger partial charge in [0.05, 0.1) is 0 Å². The quantitative estimate of drug-likeness (QED) is 0.509. The van der Waals surface area contributed by atoms with Crippen LogP contribution in [0.3, 0.4) is 0 Å². The van der Waals surface area contributed by atoms with Crippen molar-refractivity contribution in [1.29, 1.82) is 0 Å². The summed E-state index contributed by atoms with van der Waals surface area (Å²) in [6, 6.07) is 0.287. The predicted octanol–water partition coefficient (Wildman–Crippen LogP) is 1.25. The first kappa shape index (κ1) is 13.0. The normalized spacial score (nSPS) is 10.8. The Labute approximate surface area is 87.4 Å². The van der Waals surface area contributed by atoms with E-state index in [1.807, 2.05) is 0 Å². The smallest absolute Gasteiger partial charge is 0.0114 e. The summed E-state index contributed by atoms with van der Waals surface area (Å²) in [5.74, 6) is 11.6. The van der Waals surface area contributed by atoms with Crippen molar-refractivity contribution in [3.63, 3.8) is 0 Å². The van der Waals surface area contributed by atoms with Crippen molar-refractivity contribution >= 4 is 0 Å². The first-order valence-corrected chi connectivity index (χ1v) is 5.22. The van der Waals surface area contributed by atoms with Gasteiger partial charge in [0.2, 0.25) is 0 Å². The van der Waals surface area contributed by atoms with Crippen LogP contribution in [0.5, 0.6) is 0 Å². The standard InChI is InChI=1S/C12H20N2/c1-2-12(14)10-8-6-4-3-5-7-9-11-13/h12H,2,7-11,13-14H2,1H3. The molecule has 0 aromatic heterocycles. The van der Waals surface area contributed by atoms with Crippen molar-refractivity contribution in [2.24, 2.45) is 11.5 Å². The molecule has 14 heavy (non-hydrogen) atoms. The lowest BCUT2D eigenvalue weighted by Crippen LogP contribution is -2.17. The van der Waals surface area contributed by atoms with Gasteiger partial charge in [0, 0.05) is 18.9 Å². The average molecular weight is 192 g/mol. The van der Waals surface area contributed by atoms with Gasteiger partial charge in [-0.3, -0.25) is 0 Å². The molecule has 0 amide bonds. The number of rotatable bonds is 5. The summed E-state index contributed by atoms with van der Waals surface area (Å²) in [7, 11) is 0. The van der Waals surface area contributed by atoms with E-state index in [0.717, 1.165) is 32.1 Å². The monoisotopic (exact) mass is 192 g/mol. The van der Waals surface area contributed by atoms with Gasteiger partial charge in [-0.15, -0.1) is 0 Å². The Morgan fingerprint density at radius 3 is 2.36 bits per heavy atom. The van der Waals surface area contributed by atoms with E-state index >= 15 is 0 Å². The molecule has 0 aromatic carbocycles. The second-order valence-electron chi connectivity index (χ2n) is 3.20. The molecule has 2 nitrogen and oxygen atoms in total. The van der Waals surface area contributed by atoms with Crippen molar-refractivity contribution < 1.29 is 0 Å². The lowest BCUT2D eigenvalue weighted by atomic mass is 10.1. The molecule has 78 valence electrons. The maximum atomic E-state index is 5.74. The number of hydrogen-bond donors (Lipinski definition) is 2. The van der Waals surface area contributed by atoms with Gasteiger partial charge >= 0.3 is 0 Å². The average Bonchev–Trinajstić information content (AvgIpc) is 2.21. The summed E-state index contributed by atoms with van der Waals surface area (Å²) < 4.78 is 0. The highest BCUT2D eigenvalue weighted by atomic mass is 14.6. The minimum Gasteiger partial charge on any atom is -0.330 e. The molecule has 4 N–H and O–H groups in total. The fourth-order valence-corrected chi connectivity index (χ4v) is 0.866. The van der Waals surface area contributed by atoms with E-state index in [9.17, 15) is 0 Å². The third-order valence-corrected chi connectivity index (χ3v) is 1.91. The van der Waals surface area contributed by atoms with Crippen LogP contribution in [-0.4, -0.2) is 12.6 Å². The third kappa shape index (κ3) is 9.13. The van der Waals surface area contributed by atoms with Gasteiger partial charge < -0.3 is 11.5 Å². The summed E-state index contributed by atoms with van der Waals surface area (Å²) in [6.45, 7) is 2.79. The van der Waals surface area contributed by atoms with Crippen LogP contribution < -0.4 is 11.5 Å². The lowest BCUT2D eigenvalue weighted by molar-refractivity contribution is 0.607. The van der Waals surface area contributed by atoms with Crippen molar-refractivity contribution in [2.75, 3.05) is 6.54 Å². The van der Waals surface area contributed by atoms with Gasteiger partial charge in [0.1, 0.15) is 0 Å². The molecule has 0 heterocycles. The zero-order valence-corrected chi connectivity index (χ0v) is 8.97. The summed E-state index contributed by atoms with van der Waals surface area (Å²) >= 11 is 0. The third-order valence-electron chi connectivity index (χ3n) is 1.91. The highest BCUT2D eigenvalue weighted by Gasteiger charge is 1.94. The van der Waals surface area contributed by atoms with E-state index in [-0.39, 0.29) is 6.04 Å². The van der Waals surface area contributed by atoms with Crippen LogP contribution in [-0.2, 0) is 0 Å². The number of hydrogen-bond acceptors (Lipinski definition) is 2. The molecule has 0 saturated carbocycles. The molecule has 0 aliphatic heterocycles. The zero-order valence-electron chi connectivity index (χ0n) is 8.97. The number of unbranched alkanes of at least 4 members (excludes halogenated alkanes) is 1. The molecule has 2 heteroatoms. The molecule has 0 saturated heterocycles. The largest absolute Gasteiger partial charge is 0.330 e. The van der Waals surface area contributed by atoms with Crippen LogP contribution in [0.25, 0.3) is 0 Å². The first-order valence-electron chi connectivity index (χ1n) is 5.22. The summed E-state index contributed by atoms with van der Waals surface area (Å²) in [5.41, 5.74) is 11.1. The molecule has 0 bridgehead atoms. The highest BCUT2D eigenvalue weighted by molar-refractivity contribution is 5.25. The van der Waals surface area contributed by atoms with E-state index in [2.05, 4.69) is 30.6 Å². The molecular formula is C12H20N2. The molecule has 0 spiro atoms. The molecule has 0 fully saturated rings. The Balaban J connectivity index is 3.46. The first-order chi connectivity index (χ1) is 6.81. The van der Waals surface area contributed by atoms with Crippen LogP contribution in [0.15, 0.2) is 0 Å². The van der Waals surface area contributed by atoms with Crippen molar-refractivity contribution in [3.8, 4) is 23.7 Å². The maximum Gasteiger partial charge on any atom is 0.0114 e. The van der Waals surface area contributed by atoms with Gasteiger partial charge in [0.15, 0.2) is 0 Å². The van der Waals surface area contributed by atoms with Gasteiger partial charge in [-0.2, -0.15) is 0 Å². The van der Waals surface area contributed by atoms with Crippen molar-refractivity contribution in [2.45, 2.75) is 45.1 Å². The minimum atomic E-state index is 0.287. The van der Waals surface area contributed by atoms with Crippen molar-refractivity contribution in [1.82, 2.24) is 0 Å². The Kier molecular flexibility index (Phi) is 9.43. The van der Waals surface area contributed by atoms with Gasteiger partial charge in [-0.1, -0.05) is 18.8 Å². The summed E-state index contributed by atoms with van der Waals surface area (Å²) in [4.78, 5) is 0. The zero-order chi connectivity index (χ0) is 10.6. The van der Waals surface area contributed by atoms with Crippen LogP contribution in [0, 0.1) is 23.7 Å². The van der Waals surface area contributed by atoms with Crippen molar-refractivity contribution in [3.05, 3.63) is 0 Å². The van der Waals surface area contributed by atoms with Gasteiger partial charge in [-0.25, -0.2) is 0 Å². The Bertz CT molecular complexity index is 237. The maximum absolute atomic E-state index is 5.74. The van der Waals surface area contributed by atoms with E-state index in [4.69, 9.17) is 11.5 Å². The van der Waals surface area contributed by atoms with Crippen LogP contribution in [0.2, 0.25) is 0 Å². The second kappa shape index (κ2) is 10.1. The van der Waals surface area contributed by atoms with E-state index in [1.54, 1.807) is 0 Å².